The summed E-state index contributed by atoms with van der Waals surface area (Å²) >= 11 is 12.0. The molecule has 1 unspecified atom stereocenters. The smallest absolute Gasteiger partial charge is 0.135 e. The number of hydrogen-bond donors (Lipinski definition) is 0. The Bertz CT molecular complexity index is 409. The third kappa shape index (κ3) is 4.62. The molecule has 0 spiro atoms. The van der Waals surface area contributed by atoms with E-state index in [1.165, 1.54) is 45.2 Å². The SMILES string of the molecule is CCCC1CCCN(Cc2ccc(Cl)nc2Cl)CC1. The second kappa shape index (κ2) is 7.47. The summed E-state index contributed by atoms with van der Waals surface area (Å²) in [4.78, 5) is 6.60. The second-order valence-corrected chi connectivity index (χ2v) is 6.19. The van der Waals surface area contributed by atoms with Crippen LogP contribution in [0.15, 0.2) is 12.1 Å². The summed E-state index contributed by atoms with van der Waals surface area (Å²) in [5.74, 6) is 0.911. The zero-order valence-electron chi connectivity index (χ0n) is 11.5. The van der Waals surface area contributed by atoms with Crippen molar-refractivity contribution in [3.63, 3.8) is 0 Å². The van der Waals surface area contributed by atoms with Crippen molar-refractivity contribution in [2.45, 2.75) is 45.6 Å². The highest BCUT2D eigenvalue weighted by Gasteiger charge is 2.17. The van der Waals surface area contributed by atoms with Gasteiger partial charge in [0.15, 0.2) is 0 Å². The number of aromatic nitrogens is 1. The molecule has 19 heavy (non-hydrogen) atoms. The summed E-state index contributed by atoms with van der Waals surface area (Å²) in [6.07, 6.45) is 6.65. The average molecular weight is 301 g/mol. The summed E-state index contributed by atoms with van der Waals surface area (Å²) < 4.78 is 0. The van der Waals surface area contributed by atoms with Gasteiger partial charge in [0.1, 0.15) is 10.3 Å². The molecule has 2 heterocycles. The zero-order valence-corrected chi connectivity index (χ0v) is 13.1. The third-order valence-corrected chi connectivity index (χ3v) is 4.46. The van der Waals surface area contributed by atoms with Crippen molar-refractivity contribution in [3.05, 3.63) is 28.0 Å². The molecule has 2 nitrogen and oxygen atoms in total. The molecule has 0 radical (unpaired) electrons. The summed E-state index contributed by atoms with van der Waals surface area (Å²) in [7, 11) is 0. The van der Waals surface area contributed by atoms with Gasteiger partial charge in [-0.1, -0.05) is 49.0 Å². The van der Waals surface area contributed by atoms with Crippen molar-refractivity contribution < 1.29 is 0 Å². The normalized spacial score (nSPS) is 21.3. The molecule has 1 fully saturated rings. The largest absolute Gasteiger partial charge is 0.299 e. The predicted octanol–water partition coefficient (Wildman–Crippen LogP) is 4.79. The van der Waals surface area contributed by atoms with Crippen LogP contribution in [-0.4, -0.2) is 23.0 Å². The number of nitrogens with zero attached hydrogens (tertiary/aromatic N) is 2. The van der Waals surface area contributed by atoms with Crippen LogP contribution in [0.4, 0.5) is 0 Å². The Morgan fingerprint density at radius 2 is 2.11 bits per heavy atom. The van der Waals surface area contributed by atoms with Gasteiger partial charge in [-0.05, 0) is 44.3 Å². The van der Waals surface area contributed by atoms with Crippen molar-refractivity contribution >= 4 is 23.2 Å². The van der Waals surface area contributed by atoms with E-state index in [-0.39, 0.29) is 0 Å². The van der Waals surface area contributed by atoms with E-state index in [9.17, 15) is 0 Å². The lowest BCUT2D eigenvalue weighted by Gasteiger charge is -2.20. The minimum Gasteiger partial charge on any atom is -0.299 e. The number of pyridine rings is 1. The summed E-state index contributed by atoms with van der Waals surface area (Å²) in [6.45, 7) is 5.51. The maximum Gasteiger partial charge on any atom is 0.135 e. The molecule has 106 valence electrons. The van der Waals surface area contributed by atoms with E-state index in [1.54, 1.807) is 0 Å². The lowest BCUT2D eigenvalue weighted by molar-refractivity contribution is 0.271. The molecule has 0 aromatic carbocycles. The minimum atomic E-state index is 0.465. The molecule has 1 atom stereocenters. The van der Waals surface area contributed by atoms with E-state index < -0.39 is 0 Å². The van der Waals surface area contributed by atoms with Gasteiger partial charge in [0.2, 0.25) is 0 Å². The van der Waals surface area contributed by atoms with E-state index in [0.29, 0.717) is 10.3 Å². The maximum atomic E-state index is 6.15. The van der Waals surface area contributed by atoms with Crippen molar-refractivity contribution in [1.82, 2.24) is 9.88 Å². The first kappa shape index (κ1) is 15.1. The second-order valence-electron chi connectivity index (χ2n) is 5.45. The van der Waals surface area contributed by atoms with Gasteiger partial charge >= 0.3 is 0 Å². The highest BCUT2D eigenvalue weighted by molar-refractivity contribution is 6.32. The van der Waals surface area contributed by atoms with E-state index in [1.807, 2.05) is 12.1 Å². The molecular weight excluding hydrogens is 279 g/mol. The Morgan fingerprint density at radius 3 is 2.84 bits per heavy atom. The minimum absolute atomic E-state index is 0.465. The molecule has 1 aromatic rings. The Balaban J connectivity index is 1.92. The van der Waals surface area contributed by atoms with Gasteiger partial charge < -0.3 is 0 Å². The molecule has 1 saturated heterocycles. The van der Waals surface area contributed by atoms with Crippen LogP contribution in [0.1, 0.15) is 44.6 Å². The zero-order chi connectivity index (χ0) is 13.7. The van der Waals surface area contributed by atoms with Crippen molar-refractivity contribution in [2.24, 2.45) is 5.92 Å². The van der Waals surface area contributed by atoms with Gasteiger partial charge in [-0.3, -0.25) is 4.90 Å². The molecule has 4 heteroatoms. The summed E-state index contributed by atoms with van der Waals surface area (Å²) in [5, 5.41) is 1.01. The lowest BCUT2D eigenvalue weighted by atomic mass is 9.96. The standard InChI is InChI=1S/C15H22Cl2N2/c1-2-4-12-5-3-9-19(10-8-12)11-13-6-7-14(16)18-15(13)17/h6-7,12H,2-5,8-11H2,1H3. The third-order valence-electron chi connectivity index (χ3n) is 3.92. The molecule has 0 amide bonds. The fraction of sp³-hybridized carbons (Fsp3) is 0.667. The van der Waals surface area contributed by atoms with Gasteiger partial charge in [-0.2, -0.15) is 0 Å². The topological polar surface area (TPSA) is 16.1 Å². The van der Waals surface area contributed by atoms with Crippen LogP contribution in [0.3, 0.4) is 0 Å². The van der Waals surface area contributed by atoms with E-state index in [2.05, 4.69) is 16.8 Å². The number of likely N-dealkylation sites (tertiary alicyclic amines) is 1. The maximum absolute atomic E-state index is 6.15. The fourth-order valence-corrected chi connectivity index (χ4v) is 3.28. The molecule has 0 bridgehead atoms. The lowest BCUT2D eigenvalue weighted by Crippen LogP contribution is -2.24. The highest BCUT2D eigenvalue weighted by Crippen LogP contribution is 2.24. The number of rotatable bonds is 4. The monoisotopic (exact) mass is 300 g/mol. The quantitative estimate of drug-likeness (QED) is 0.743. The Kier molecular flexibility index (Phi) is 5.93. The van der Waals surface area contributed by atoms with Gasteiger partial charge in [-0.15, -0.1) is 0 Å². The molecule has 1 aliphatic heterocycles. The molecular formula is C15H22Cl2N2. The van der Waals surface area contributed by atoms with Crippen molar-refractivity contribution in [2.75, 3.05) is 13.1 Å². The van der Waals surface area contributed by atoms with Crippen LogP contribution in [0.5, 0.6) is 0 Å². The van der Waals surface area contributed by atoms with Crippen LogP contribution in [0.25, 0.3) is 0 Å². The van der Waals surface area contributed by atoms with Crippen LogP contribution < -0.4 is 0 Å². The first-order valence-corrected chi connectivity index (χ1v) is 7.98. The number of hydrogen-bond acceptors (Lipinski definition) is 2. The van der Waals surface area contributed by atoms with Crippen LogP contribution in [-0.2, 0) is 6.54 Å². The first-order valence-electron chi connectivity index (χ1n) is 7.22. The Hall–Kier alpha value is -0.310. The predicted molar refractivity (Wildman–Crippen MR) is 81.8 cm³/mol. The first-order chi connectivity index (χ1) is 9.19. The van der Waals surface area contributed by atoms with Crippen LogP contribution in [0.2, 0.25) is 10.3 Å². The highest BCUT2D eigenvalue weighted by atomic mass is 35.5. The van der Waals surface area contributed by atoms with Crippen LogP contribution in [0, 0.1) is 5.92 Å². The van der Waals surface area contributed by atoms with Gasteiger partial charge in [0.05, 0.1) is 0 Å². The molecule has 0 aliphatic carbocycles. The molecule has 0 N–H and O–H groups in total. The van der Waals surface area contributed by atoms with E-state index in [0.717, 1.165) is 18.0 Å². The van der Waals surface area contributed by atoms with Gasteiger partial charge in [-0.25, -0.2) is 4.98 Å². The fourth-order valence-electron chi connectivity index (χ4n) is 2.88. The Morgan fingerprint density at radius 1 is 1.26 bits per heavy atom. The number of halogens is 2. The van der Waals surface area contributed by atoms with Crippen molar-refractivity contribution in [3.8, 4) is 0 Å². The summed E-state index contributed by atoms with van der Waals surface area (Å²) in [6, 6.07) is 3.81. The molecule has 2 rings (SSSR count). The van der Waals surface area contributed by atoms with Gasteiger partial charge in [0, 0.05) is 12.1 Å². The van der Waals surface area contributed by atoms with E-state index >= 15 is 0 Å². The summed E-state index contributed by atoms with van der Waals surface area (Å²) in [5.41, 5.74) is 1.08. The van der Waals surface area contributed by atoms with Crippen LogP contribution >= 0.6 is 23.2 Å². The molecule has 0 saturated carbocycles. The molecule has 1 aliphatic rings. The van der Waals surface area contributed by atoms with Gasteiger partial charge in [0.25, 0.3) is 0 Å². The van der Waals surface area contributed by atoms with E-state index in [4.69, 9.17) is 23.2 Å². The van der Waals surface area contributed by atoms with Crippen molar-refractivity contribution in [1.29, 1.82) is 0 Å². The molecule has 1 aromatic heterocycles. The Labute approximate surface area is 126 Å². The average Bonchev–Trinajstić information content (AvgIpc) is 2.59.